The van der Waals surface area contributed by atoms with Gasteiger partial charge in [0.25, 0.3) is 0 Å². The number of nitrogens with zero attached hydrogens (tertiary/aromatic N) is 3. The van der Waals surface area contributed by atoms with Gasteiger partial charge in [-0.15, -0.1) is 5.10 Å². The minimum absolute atomic E-state index is 0.103. The molecular formula is C15H25N5. The second-order valence-corrected chi connectivity index (χ2v) is 5.49. The molecule has 1 aromatic heterocycles. The molecule has 0 atom stereocenters. The van der Waals surface area contributed by atoms with Gasteiger partial charge in [0.05, 0.1) is 11.3 Å². The maximum atomic E-state index is 7.94. The molecule has 0 spiro atoms. The van der Waals surface area contributed by atoms with Crippen molar-refractivity contribution in [2.45, 2.75) is 58.4 Å². The first-order valence-electron chi connectivity index (χ1n) is 7.55. The lowest BCUT2D eigenvalue weighted by Gasteiger charge is -2.28. The second kappa shape index (κ2) is 6.20. The van der Waals surface area contributed by atoms with E-state index in [0.717, 1.165) is 35.5 Å². The number of aromatic nitrogens is 2. The normalized spacial score (nSPS) is 15.6. The van der Waals surface area contributed by atoms with Crippen molar-refractivity contribution in [3.8, 4) is 0 Å². The van der Waals surface area contributed by atoms with Gasteiger partial charge in [-0.3, -0.25) is 5.41 Å². The molecule has 1 aromatic rings. The lowest BCUT2D eigenvalue weighted by molar-refractivity contribution is 0.639. The maximum Gasteiger partial charge on any atom is 0.162 e. The highest BCUT2D eigenvalue weighted by molar-refractivity contribution is 6.01. The molecule has 3 N–H and O–H groups in total. The van der Waals surface area contributed by atoms with E-state index in [1.165, 1.54) is 25.7 Å². The van der Waals surface area contributed by atoms with E-state index in [-0.39, 0.29) is 5.84 Å². The summed E-state index contributed by atoms with van der Waals surface area (Å²) in [4.78, 5) is 2.18. The van der Waals surface area contributed by atoms with Crippen molar-refractivity contribution in [1.82, 2.24) is 10.2 Å². The Bertz CT molecular complexity index is 491. The minimum atomic E-state index is 0.103. The van der Waals surface area contributed by atoms with Crippen LogP contribution in [0.5, 0.6) is 0 Å². The number of hydrogen-bond acceptors (Lipinski definition) is 4. The number of hydrogen-bond donors (Lipinski definition) is 2. The third kappa shape index (κ3) is 2.62. The van der Waals surface area contributed by atoms with E-state index in [1.807, 2.05) is 0 Å². The minimum Gasteiger partial charge on any atom is -0.384 e. The van der Waals surface area contributed by atoms with Crippen LogP contribution < -0.4 is 10.6 Å². The monoisotopic (exact) mass is 275 g/mol. The molecule has 1 fully saturated rings. The van der Waals surface area contributed by atoms with E-state index in [9.17, 15) is 0 Å². The fourth-order valence-corrected chi connectivity index (χ4v) is 3.16. The molecule has 1 aliphatic carbocycles. The third-order valence-corrected chi connectivity index (χ3v) is 4.30. The SMILES string of the molecule is CCc1nnc(N(C)C2CCCC2)c(C(=N)N)c1CC. The van der Waals surface area contributed by atoms with E-state index < -0.39 is 0 Å². The van der Waals surface area contributed by atoms with Crippen molar-refractivity contribution in [3.05, 3.63) is 16.8 Å². The molecule has 110 valence electrons. The Kier molecular flexibility index (Phi) is 4.57. The highest BCUT2D eigenvalue weighted by atomic mass is 15.3. The van der Waals surface area contributed by atoms with Gasteiger partial charge in [0.1, 0.15) is 5.84 Å². The van der Waals surface area contributed by atoms with Gasteiger partial charge in [-0.05, 0) is 31.2 Å². The summed E-state index contributed by atoms with van der Waals surface area (Å²) in [5.41, 5.74) is 8.66. The van der Waals surface area contributed by atoms with Crippen LogP contribution in [0.15, 0.2) is 0 Å². The first-order chi connectivity index (χ1) is 9.60. The zero-order chi connectivity index (χ0) is 14.7. The van der Waals surface area contributed by atoms with Crippen LogP contribution in [0.3, 0.4) is 0 Å². The lowest BCUT2D eigenvalue weighted by Crippen LogP contribution is -2.33. The van der Waals surface area contributed by atoms with E-state index >= 15 is 0 Å². The standard InChI is InChI=1S/C15H25N5/c1-4-11-12(5-2)18-19-15(13(11)14(16)17)20(3)10-8-6-7-9-10/h10H,4-9H2,1-3H3,(H3,16,17). The molecule has 1 saturated carbocycles. The van der Waals surface area contributed by atoms with Crippen LogP contribution in [0.25, 0.3) is 0 Å². The maximum absolute atomic E-state index is 7.94. The van der Waals surface area contributed by atoms with Gasteiger partial charge >= 0.3 is 0 Å². The highest BCUT2D eigenvalue weighted by Gasteiger charge is 2.26. The van der Waals surface area contributed by atoms with Gasteiger partial charge < -0.3 is 10.6 Å². The molecule has 1 aliphatic rings. The first kappa shape index (κ1) is 14.8. The number of anilines is 1. The number of aryl methyl sites for hydroxylation is 1. The summed E-state index contributed by atoms with van der Waals surface area (Å²) >= 11 is 0. The zero-order valence-electron chi connectivity index (χ0n) is 12.7. The first-order valence-corrected chi connectivity index (χ1v) is 7.55. The Morgan fingerprint density at radius 2 is 1.90 bits per heavy atom. The molecule has 5 nitrogen and oxygen atoms in total. The average molecular weight is 275 g/mol. The van der Waals surface area contributed by atoms with Crippen molar-refractivity contribution in [2.75, 3.05) is 11.9 Å². The largest absolute Gasteiger partial charge is 0.384 e. The molecule has 0 radical (unpaired) electrons. The molecule has 0 bridgehead atoms. The molecule has 0 aliphatic heterocycles. The number of nitrogens with two attached hydrogens (primary N) is 1. The Balaban J connectivity index is 2.48. The van der Waals surface area contributed by atoms with Crippen LogP contribution in [0.1, 0.15) is 56.4 Å². The Labute approximate surface area is 121 Å². The molecular weight excluding hydrogens is 250 g/mol. The van der Waals surface area contributed by atoms with Gasteiger partial charge in [0.15, 0.2) is 5.82 Å². The number of amidine groups is 1. The summed E-state index contributed by atoms with van der Waals surface area (Å²) in [6.07, 6.45) is 6.57. The Morgan fingerprint density at radius 1 is 1.25 bits per heavy atom. The van der Waals surface area contributed by atoms with Crippen LogP contribution in [0.4, 0.5) is 5.82 Å². The van der Waals surface area contributed by atoms with Crippen molar-refractivity contribution in [3.63, 3.8) is 0 Å². The van der Waals surface area contributed by atoms with Gasteiger partial charge in [0, 0.05) is 13.1 Å². The molecule has 0 saturated heterocycles. The summed E-state index contributed by atoms with van der Waals surface area (Å²) in [5.74, 6) is 0.879. The lowest BCUT2D eigenvalue weighted by atomic mass is 10.0. The fraction of sp³-hybridized carbons (Fsp3) is 0.667. The van der Waals surface area contributed by atoms with Gasteiger partial charge in [0.2, 0.25) is 0 Å². The van der Waals surface area contributed by atoms with E-state index in [2.05, 4.69) is 36.0 Å². The molecule has 0 unspecified atom stereocenters. The van der Waals surface area contributed by atoms with E-state index in [4.69, 9.17) is 11.1 Å². The summed E-state index contributed by atoms with van der Waals surface area (Å²) in [7, 11) is 2.05. The molecule has 20 heavy (non-hydrogen) atoms. The smallest absolute Gasteiger partial charge is 0.162 e. The van der Waals surface area contributed by atoms with E-state index in [1.54, 1.807) is 0 Å². The van der Waals surface area contributed by atoms with Crippen molar-refractivity contribution < 1.29 is 0 Å². The molecule has 0 amide bonds. The average Bonchev–Trinajstić information content (AvgIpc) is 2.98. The van der Waals surface area contributed by atoms with E-state index in [0.29, 0.717) is 6.04 Å². The van der Waals surface area contributed by atoms with Crippen molar-refractivity contribution in [1.29, 1.82) is 5.41 Å². The summed E-state index contributed by atoms with van der Waals surface area (Å²) in [5, 5.41) is 16.7. The second-order valence-electron chi connectivity index (χ2n) is 5.49. The Morgan fingerprint density at radius 3 is 2.40 bits per heavy atom. The van der Waals surface area contributed by atoms with Gasteiger partial charge in [-0.25, -0.2) is 0 Å². The highest BCUT2D eigenvalue weighted by Crippen LogP contribution is 2.29. The third-order valence-electron chi connectivity index (χ3n) is 4.30. The number of nitrogen functional groups attached to an aromatic ring is 1. The van der Waals surface area contributed by atoms with Crippen LogP contribution in [0, 0.1) is 5.41 Å². The summed E-state index contributed by atoms with van der Waals surface area (Å²) < 4.78 is 0. The number of rotatable bonds is 5. The predicted octanol–water partition coefficient (Wildman–Crippen LogP) is 2.26. The van der Waals surface area contributed by atoms with Crippen LogP contribution in [-0.4, -0.2) is 29.1 Å². The summed E-state index contributed by atoms with van der Waals surface area (Å²) in [6.45, 7) is 4.15. The molecule has 1 heterocycles. The van der Waals surface area contributed by atoms with Crippen molar-refractivity contribution >= 4 is 11.7 Å². The molecule has 0 aromatic carbocycles. The number of nitrogens with one attached hydrogen (secondary N) is 1. The van der Waals surface area contributed by atoms with Crippen LogP contribution >= 0.6 is 0 Å². The predicted molar refractivity (Wildman–Crippen MR) is 82.5 cm³/mol. The van der Waals surface area contributed by atoms with Crippen molar-refractivity contribution in [2.24, 2.45) is 5.73 Å². The topological polar surface area (TPSA) is 78.9 Å². The molecule has 5 heteroatoms. The Hall–Kier alpha value is -1.65. The van der Waals surface area contributed by atoms with Gasteiger partial charge in [-0.2, -0.15) is 5.10 Å². The van der Waals surface area contributed by atoms with Crippen LogP contribution in [-0.2, 0) is 12.8 Å². The van der Waals surface area contributed by atoms with Crippen LogP contribution in [0.2, 0.25) is 0 Å². The van der Waals surface area contributed by atoms with Gasteiger partial charge in [-0.1, -0.05) is 26.7 Å². The summed E-state index contributed by atoms with van der Waals surface area (Å²) in [6, 6.07) is 0.500. The fourth-order valence-electron chi connectivity index (χ4n) is 3.16. The zero-order valence-corrected chi connectivity index (χ0v) is 12.7. The quantitative estimate of drug-likeness (QED) is 0.638. The molecule has 2 rings (SSSR count).